The van der Waals surface area contributed by atoms with Crippen molar-refractivity contribution in [1.82, 2.24) is 9.88 Å². The van der Waals surface area contributed by atoms with E-state index in [0.717, 1.165) is 16.9 Å². The molecular formula is C19H16F2N2OS. The molecule has 128 valence electrons. The minimum atomic E-state index is -0.689. The molecule has 3 rings (SSSR count). The van der Waals surface area contributed by atoms with Crippen molar-refractivity contribution in [3.63, 3.8) is 0 Å². The number of carbonyl (C=O) groups excluding carboxylic acids is 1. The lowest BCUT2D eigenvalue weighted by molar-refractivity contribution is 0.0789. The van der Waals surface area contributed by atoms with Crippen LogP contribution in [0.3, 0.4) is 0 Å². The normalized spacial score (nSPS) is 10.7. The Kier molecular flexibility index (Phi) is 4.90. The van der Waals surface area contributed by atoms with Crippen molar-refractivity contribution < 1.29 is 13.6 Å². The quantitative estimate of drug-likeness (QED) is 0.679. The van der Waals surface area contributed by atoms with E-state index in [1.165, 1.54) is 18.2 Å². The Bertz CT molecular complexity index is 889. The Morgan fingerprint density at radius 1 is 1.08 bits per heavy atom. The summed E-state index contributed by atoms with van der Waals surface area (Å²) in [6, 6.07) is 13.3. The van der Waals surface area contributed by atoms with Crippen LogP contribution in [-0.4, -0.2) is 22.8 Å². The number of nitrogens with zero attached hydrogens (tertiary/aromatic N) is 2. The minimum absolute atomic E-state index is 0.171. The maximum Gasteiger partial charge on any atom is 0.265 e. The molecule has 0 aliphatic rings. The third-order valence-corrected chi connectivity index (χ3v) is 4.94. The van der Waals surface area contributed by atoms with E-state index in [9.17, 15) is 13.6 Å². The van der Waals surface area contributed by atoms with E-state index >= 15 is 0 Å². The zero-order chi connectivity index (χ0) is 18.0. The molecule has 0 N–H and O–H groups in total. The lowest BCUT2D eigenvalue weighted by Gasteiger charge is -2.16. The van der Waals surface area contributed by atoms with E-state index in [1.807, 2.05) is 30.3 Å². The van der Waals surface area contributed by atoms with E-state index < -0.39 is 11.6 Å². The summed E-state index contributed by atoms with van der Waals surface area (Å²) in [4.78, 5) is 18.8. The second-order valence-corrected chi connectivity index (χ2v) is 6.68. The number of aryl methyl sites for hydroxylation is 1. The first-order chi connectivity index (χ1) is 12.0. The van der Waals surface area contributed by atoms with Crippen molar-refractivity contribution >= 4 is 17.2 Å². The first kappa shape index (κ1) is 17.2. The van der Waals surface area contributed by atoms with Gasteiger partial charge in [0.05, 0.1) is 11.3 Å². The van der Waals surface area contributed by atoms with Gasteiger partial charge in [-0.2, -0.15) is 0 Å². The second kappa shape index (κ2) is 7.11. The van der Waals surface area contributed by atoms with Crippen molar-refractivity contribution in [2.45, 2.75) is 13.5 Å². The standard InChI is InChI=1S/C19H16F2N2OS/c1-12-17(19(24)23(2)11-13-7-4-3-5-8-13)25-18(22-12)16-14(20)9-6-10-15(16)21/h3-10H,11H2,1-2H3. The Labute approximate surface area is 148 Å². The maximum absolute atomic E-state index is 14.0. The number of halogens is 2. The van der Waals surface area contributed by atoms with Gasteiger partial charge in [-0.05, 0) is 24.6 Å². The third-order valence-electron chi connectivity index (χ3n) is 3.78. The second-order valence-electron chi connectivity index (χ2n) is 5.68. The molecule has 0 aliphatic carbocycles. The van der Waals surface area contributed by atoms with Gasteiger partial charge in [0.2, 0.25) is 0 Å². The topological polar surface area (TPSA) is 33.2 Å². The Hall–Kier alpha value is -2.60. The van der Waals surface area contributed by atoms with Crippen LogP contribution in [-0.2, 0) is 6.54 Å². The van der Waals surface area contributed by atoms with Gasteiger partial charge in [-0.15, -0.1) is 11.3 Å². The number of aromatic nitrogens is 1. The molecule has 0 aliphatic heterocycles. The maximum atomic E-state index is 14.0. The number of amides is 1. The number of hydrogen-bond acceptors (Lipinski definition) is 3. The monoisotopic (exact) mass is 358 g/mol. The summed E-state index contributed by atoms with van der Waals surface area (Å²) in [7, 11) is 1.69. The summed E-state index contributed by atoms with van der Waals surface area (Å²) in [5.41, 5.74) is 1.27. The zero-order valence-electron chi connectivity index (χ0n) is 13.8. The number of benzene rings is 2. The Morgan fingerprint density at radius 3 is 2.36 bits per heavy atom. The van der Waals surface area contributed by atoms with Gasteiger partial charge in [0.25, 0.3) is 5.91 Å². The number of hydrogen-bond donors (Lipinski definition) is 0. The molecule has 0 radical (unpaired) electrons. The highest BCUT2D eigenvalue weighted by molar-refractivity contribution is 7.17. The molecule has 0 saturated carbocycles. The van der Waals surface area contributed by atoms with Crippen LogP contribution in [0.25, 0.3) is 10.6 Å². The molecular weight excluding hydrogens is 342 g/mol. The van der Waals surface area contributed by atoms with E-state index in [4.69, 9.17) is 0 Å². The average molecular weight is 358 g/mol. The lowest BCUT2D eigenvalue weighted by Crippen LogP contribution is -2.26. The van der Waals surface area contributed by atoms with Gasteiger partial charge in [0.15, 0.2) is 0 Å². The number of carbonyl (C=O) groups is 1. The third kappa shape index (κ3) is 3.58. The van der Waals surface area contributed by atoms with E-state index in [-0.39, 0.29) is 16.5 Å². The Balaban J connectivity index is 1.88. The summed E-state index contributed by atoms with van der Waals surface area (Å²) in [5.74, 6) is -1.60. The van der Waals surface area contributed by atoms with Crippen LogP contribution in [0, 0.1) is 18.6 Å². The summed E-state index contributed by atoms with van der Waals surface area (Å²) < 4.78 is 27.9. The molecule has 1 aromatic heterocycles. The molecule has 6 heteroatoms. The van der Waals surface area contributed by atoms with Gasteiger partial charge in [-0.1, -0.05) is 36.4 Å². The highest BCUT2D eigenvalue weighted by atomic mass is 32.1. The van der Waals surface area contributed by atoms with Crippen molar-refractivity contribution in [2.24, 2.45) is 0 Å². The van der Waals surface area contributed by atoms with Gasteiger partial charge < -0.3 is 4.90 Å². The van der Waals surface area contributed by atoms with Crippen molar-refractivity contribution in [2.75, 3.05) is 7.05 Å². The van der Waals surface area contributed by atoms with Gasteiger partial charge in [0, 0.05) is 13.6 Å². The fraction of sp³-hybridized carbons (Fsp3) is 0.158. The van der Waals surface area contributed by atoms with Gasteiger partial charge in [-0.25, -0.2) is 13.8 Å². The van der Waals surface area contributed by atoms with E-state index in [2.05, 4.69) is 4.98 Å². The Morgan fingerprint density at radius 2 is 1.72 bits per heavy atom. The minimum Gasteiger partial charge on any atom is -0.337 e. The van der Waals surface area contributed by atoms with E-state index in [1.54, 1.807) is 18.9 Å². The molecule has 3 aromatic rings. The van der Waals surface area contributed by atoms with Crippen LogP contribution in [0.4, 0.5) is 8.78 Å². The predicted octanol–water partition coefficient (Wildman–Crippen LogP) is 4.67. The van der Waals surface area contributed by atoms with Crippen LogP contribution >= 0.6 is 11.3 Å². The SMILES string of the molecule is Cc1nc(-c2c(F)cccc2F)sc1C(=O)N(C)Cc1ccccc1. The van der Waals surface area contributed by atoms with Crippen LogP contribution in [0.2, 0.25) is 0 Å². The van der Waals surface area contributed by atoms with Crippen molar-refractivity contribution in [3.05, 3.63) is 76.3 Å². The first-order valence-electron chi connectivity index (χ1n) is 7.68. The number of thiazole rings is 1. The lowest BCUT2D eigenvalue weighted by atomic mass is 10.2. The first-order valence-corrected chi connectivity index (χ1v) is 8.50. The van der Waals surface area contributed by atoms with Crippen LogP contribution < -0.4 is 0 Å². The molecule has 1 amide bonds. The molecule has 0 unspecified atom stereocenters. The van der Waals surface area contributed by atoms with E-state index in [0.29, 0.717) is 17.1 Å². The van der Waals surface area contributed by atoms with Crippen LogP contribution in [0.15, 0.2) is 48.5 Å². The highest BCUT2D eigenvalue weighted by Gasteiger charge is 2.22. The highest BCUT2D eigenvalue weighted by Crippen LogP contribution is 2.32. The fourth-order valence-corrected chi connectivity index (χ4v) is 3.62. The molecule has 0 fully saturated rings. The average Bonchev–Trinajstić information content (AvgIpc) is 2.96. The molecule has 0 atom stereocenters. The smallest absolute Gasteiger partial charge is 0.265 e. The zero-order valence-corrected chi connectivity index (χ0v) is 14.6. The molecule has 0 saturated heterocycles. The molecule has 0 spiro atoms. The predicted molar refractivity (Wildman–Crippen MR) is 94.4 cm³/mol. The van der Waals surface area contributed by atoms with Crippen molar-refractivity contribution in [3.8, 4) is 10.6 Å². The van der Waals surface area contributed by atoms with Crippen molar-refractivity contribution in [1.29, 1.82) is 0 Å². The molecule has 3 nitrogen and oxygen atoms in total. The van der Waals surface area contributed by atoms with Gasteiger partial charge in [-0.3, -0.25) is 4.79 Å². The van der Waals surface area contributed by atoms with Gasteiger partial charge >= 0.3 is 0 Å². The summed E-state index contributed by atoms with van der Waals surface area (Å²) in [5, 5.41) is 0.171. The molecule has 2 aromatic carbocycles. The van der Waals surface area contributed by atoms with Crippen LogP contribution in [0.5, 0.6) is 0 Å². The molecule has 25 heavy (non-hydrogen) atoms. The summed E-state index contributed by atoms with van der Waals surface area (Å²) in [6.07, 6.45) is 0. The summed E-state index contributed by atoms with van der Waals surface area (Å²) >= 11 is 1.01. The number of rotatable bonds is 4. The fourth-order valence-electron chi connectivity index (χ4n) is 2.51. The molecule has 0 bridgehead atoms. The largest absolute Gasteiger partial charge is 0.337 e. The molecule has 1 heterocycles. The van der Waals surface area contributed by atoms with Crippen LogP contribution in [0.1, 0.15) is 20.9 Å². The van der Waals surface area contributed by atoms with Gasteiger partial charge in [0.1, 0.15) is 21.5 Å². The summed E-state index contributed by atoms with van der Waals surface area (Å²) in [6.45, 7) is 2.11.